The number of ether oxygens (including phenoxy) is 3. The van der Waals surface area contributed by atoms with E-state index >= 15 is 0 Å². The molecule has 6 atom stereocenters. The molecule has 41 heavy (non-hydrogen) atoms. The number of aliphatic hydroxyl groups is 3. The van der Waals surface area contributed by atoms with Crippen LogP contribution in [0.4, 0.5) is 0 Å². The fraction of sp³-hybridized carbons (Fsp3) is 0.200. The zero-order valence-electron chi connectivity index (χ0n) is 21.0. The van der Waals surface area contributed by atoms with Crippen molar-refractivity contribution in [3.8, 4) is 57.1 Å². The molecule has 11 nitrogen and oxygen atoms in total. The van der Waals surface area contributed by atoms with Crippen molar-refractivity contribution in [3.63, 3.8) is 0 Å². The largest absolute Gasteiger partial charge is 0.508 e. The van der Waals surface area contributed by atoms with E-state index in [1.807, 2.05) is 0 Å². The molecule has 0 aromatic heterocycles. The van der Waals surface area contributed by atoms with Crippen LogP contribution in [0.5, 0.6) is 46.0 Å². The summed E-state index contributed by atoms with van der Waals surface area (Å²) in [6, 6.07) is 14.4. The Morgan fingerprint density at radius 3 is 1.66 bits per heavy atom. The highest BCUT2D eigenvalue weighted by Gasteiger charge is 2.48. The third-order valence-corrected chi connectivity index (χ3v) is 7.84. The number of phenols is 5. The first kappa shape index (κ1) is 25.1. The summed E-state index contributed by atoms with van der Waals surface area (Å²) in [5.41, 5.74) is 1.59. The first-order valence-corrected chi connectivity index (χ1v) is 12.7. The van der Waals surface area contributed by atoms with Gasteiger partial charge in [-0.2, -0.15) is 0 Å². The monoisotopic (exact) mass is 560 g/mol. The lowest BCUT2D eigenvalue weighted by molar-refractivity contribution is -0.0726. The summed E-state index contributed by atoms with van der Waals surface area (Å²) in [7, 11) is 0. The molecule has 11 heteroatoms. The van der Waals surface area contributed by atoms with Crippen molar-refractivity contribution in [2.45, 2.75) is 36.6 Å². The van der Waals surface area contributed by atoms with Gasteiger partial charge in [0.25, 0.3) is 0 Å². The smallest absolute Gasteiger partial charge is 0.201 e. The van der Waals surface area contributed by atoms with Crippen LogP contribution in [0.25, 0.3) is 11.1 Å². The molecule has 0 saturated heterocycles. The van der Waals surface area contributed by atoms with E-state index < -0.39 is 53.9 Å². The Morgan fingerprint density at radius 1 is 0.512 bits per heavy atom. The molecule has 7 rings (SSSR count). The molecule has 0 bridgehead atoms. The molecular formula is C30H24O11. The highest BCUT2D eigenvalue weighted by Crippen LogP contribution is 2.62. The molecule has 0 aliphatic carbocycles. The average Bonchev–Trinajstić information content (AvgIpc) is 2.96. The normalized spacial score (nSPS) is 25.5. The fourth-order valence-corrected chi connectivity index (χ4v) is 5.78. The van der Waals surface area contributed by atoms with Gasteiger partial charge in [-0.05, 0) is 47.5 Å². The van der Waals surface area contributed by atoms with Crippen LogP contribution in [0, 0.1) is 0 Å². The van der Waals surface area contributed by atoms with Gasteiger partial charge >= 0.3 is 0 Å². The summed E-state index contributed by atoms with van der Waals surface area (Å²) in [6.07, 6.45) is -7.67. The van der Waals surface area contributed by atoms with Gasteiger partial charge in [-0.1, -0.05) is 24.3 Å². The molecule has 0 spiro atoms. The van der Waals surface area contributed by atoms with E-state index in [4.69, 9.17) is 14.2 Å². The van der Waals surface area contributed by atoms with Crippen molar-refractivity contribution in [1.82, 2.24) is 0 Å². The minimum absolute atomic E-state index is 0.00161. The standard InChI is InChI=1S/C30H24O11/c31-13-5-1-11(2-6-13)25-22(36)20(34)17-9-16-15-10-18(33)21(35)29-19(15)30(41-27(16)24(38)28(17)39-25)23(37)26(40-29)12-3-7-14(32)8-4-12/h1-10,20,22-23,25-26,30-38H/t20-,22-,23-,25-,26-,30-/m1/s1. The number of rotatable bonds is 2. The summed E-state index contributed by atoms with van der Waals surface area (Å²) >= 11 is 0. The molecule has 210 valence electrons. The van der Waals surface area contributed by atoms with E-state index in [0.717, 1.165) is 0 Å². The van der Waals surface area contributed by atoms with Gasteiger partial charge in [0.2, 0.25) is 11.5 Å². The van der Waals surface area contributed by atoms with Gasteiger partial charge < -0.3 is 55.1 Å². The van der Waals surface area contributed by atoms with Gasteiger partial charge in [-0.15, -0.1) is 0 Å². The Kier molecular flexibility index (Phi) is 5.42. The lowest BCUT2D eigenvalue weighted by Gasteiger charge is -2.42. The van der Waals surface area contributed by atoms with Crippen LogP contribution in [-0.2, 0) is 0 Å². The first-order valence-electron chi connectivity index (χ1n) is 12.7. The zero-order valence-corrected chi connectivity index (χ0v) is 21.0. The predicted molar refractivity (Wildman–Crippen MR) is 140 cm³/mol. The van der Waals surface area contributed by atoms with Gasteiger partial charge in [0, 0.05) is 22.3 Å². The minimum Gasteiger partial charge on any atom is -0.508 e. The van der Waals surface area contributed by atoms with Crippen LogP contribution in [0.1, 0.15) is 46.7 Å². The molecule has 4 aromatic carbocycles. The van der Waals surface area contributed by atoms with Crippen molar-refractivity contribution < 1.29 is 55.1 Å². The van der Waals surface area contributed by atoms with Crippen LogP contribution in [0.3, 0.4) is 0 Å². The highest BCUT2D eigenvalue weighted by molar-refractivity contribution is 5.86. The quantitative estimate of drug-likeness (QED) is 0.168. The van der Waals surface area contributed by atoms with E-state index in [-0.39, 0.29) is 51.0 Å². The second-order valence-corrected chi connectivity index (χ2v) is 10.3. The number of aliphatic hydroxyl groups excluding tert-OH is 3. The van der Waals surface area contributed by atoms with E-state index in [2.05, 4.69) is 0 Å². The summed E-state index contributed by atoms with van der Waals surface area (Å²) < 4.78 is 18.1. The summed E-state index contributed by atoms with van der Waals surface area (Å²) in [6.45, 7) is 0. The highest BCUT2D eigenvalue weighted by atomic mass is 16.6. The van der Waals surface area contributed by atoms with Crippen molar-refractivity contribution in [3.05, 3.63) is 82.9 Å². The second-order valence-electron chi connectivity index (χ2n) is 10.3. The average molecular weight is 561 g/mol. The van der Waals surface area contributed by atoms with Gasteiger partial charge in [0.05, 0.1) is 0 Å². The summed E-state index contributed by atoms with van der Waals surface area (Å²) in [4.78, 5) is 0. The molecule has 3 aliphatic rings. The number of benzene rings is 4. The van der Waals surface area contributed by atoms with Crippen LogP contribution in [-0.4, -0.2) is 53.1 Å². The van der Waals surface area contributed by atoms with Gasteiger partial charge in [0.1, 0.15) is 29.8 Å². The molecule has 0 amide bonds. The molecule has 4 aromatic rings. The molecule has 0 radical (unpaired) electrons. The number of hydrogen-bond donors (Lipinski definition) is 8. The van der Waals surface area contributed by atoms with Crippen molar-refractivity contribution in [2.24, 2.45) is 0 Å². The Hall–Kier alpha value is -4.84. The molecule has 8 N–H and O–H groups in total. The molecular weight excluding hydrogens is 536 g/mol. The van der Waals surface area contributed by atoms with Gasteiger partial charge in [0.15, 0.2) is 41.3 Å². The number of fused-ring (bicyclic) bond motifs is 3. The molecule has 3 aliphatic heterocycles. The maximum atomic E-state index is 11.4. The number of aromatic hydroxyl groups is 5. The third-order valence-electron chi connectivity index (χ3n) is 7.84. The minimum atomic E-state index is -1.51. The van der Waals surface area contributed by atoms with E-state index in [9.17, 15) is 40.9 Å². The van der Waals surface area contributed by atoms with Crippen molar-refractivity contribution in [2.75, 3.05) is 0 Å². The topological polar surface area (TPSA) is 190 Å². The zero-order chi connectivity index (χ0) is 28.7. The van der Waals surface area contributed by atoms with Crippen LogP contribution >= 0.6 is 0 Å². The predicted octanol–water partition coefficient (Wildman–Crippen LogP) is 3.34. The van der Waals surface area contributed by atoms with Crippen molar-refractivity contribution in [1.29, 1.82) is 0 Å². The van der Waals surface area contributed by atoms with E-state index in [0.29, 0.717) is 11.1 Å². The van der Waals surface area contributed by atoms with Gasteiger partial charge in [-0.25, -0.2) is 0 Å². The summed E-state index contributed by atoms with van der Waals surface area (Å²) in [5.74, 6) is -2.02. The summed E-state index contributed by atoms with van der Waals surface area (Å²) in [5, 5.41) is 85.4. The SMILES string of the molecule is Oc1ccc([C@H]2Oc3c(O)c(O)cc4c3[C@@H](Oc3c-4cc4c(c3O)O[C@H](c3ccc(O)cc3)[C@H](O)[C@@H]4O)[C@@H]2O)cc1. The molecule has 0 unspecified atom stereocenters. The lowest BCUT2D eigenvalue weighted by atomic mass is 9.82. The fourth-order valence-electron chi connectivity index (χ4n) is 5.78. The van der Waals surface area contributed by atoms with Crippen LogP contribution in [0.15, 0.2) is 60.7 Å². The number of phenolic OH excluding ortho intramolecular Hbond substituents is 5. The molecule has 0 fully saturated rings. The Morgan fingerprint density at radius 2 is 1.05 bits per heavy atom. The van der Waals surface area contributed by atoms with Gasteiger partial charge in [-0.3, -0.25) is 0 Å². The number of hydrogen-bond acceptors (Lipinski definition) is 11. The Balaban J connectivity index is 1.38. The van der Waals surface area contributed by atoms with Crippen LogP contribution in [0.2, 0.25) is 0 Å². The Labute approximate surface area is 231 Å². The van der Waals surface area contributed by atoms with E-state index in [1.165, 1.54) is 60.7 Å². The lowest BCUT2D eigenvalue weighted by Crippen LogP contribution is -2.39. The van der Waals surface area contributed by atoms with Crippen molar-refractivity contribution >= 4 is 0 Å². The second kappa shape index (κ2) is 8.83. The Bertz CT molecular complexity index is 1680. The molecule has 0 saturated carbocycles. The van der Waals surface area contributed by atoms with Crippen LogP contribution < -0.4 is 14.2 Å². The maximum absolute atomic E-state index is 11.4. The first-order chi connectivity index (χ1) is 19.6. The van der Waals surface area contributed by atoms with E-state index in [1.54, 1.807) is 0 Å². The maximum Gasteiger partial charge on any atom is 0.201 e. The third kappa shape index (κ3) is 3.63. The molecule has 3 heterocycles.